The molecule has 2 heterocycles. The zero-order valence-electron chi connectivity index (χ0n) is 9.38. The van der Waals surface area contributed by atoms with Crippen LogP contribution in [0.4, 0.5) is 5.69 Å². The molecule has 1 amide bonds. The third-order valence-electron chi connectivity index (χ3n) is 2.16. The second-order valence-electron chi connectivity index (χ2n) is 3.41. The van der Waals surface area contributed by atoms with Crippen molar-refractivity contribution in [2.45, 2.75) is 6.54 Å². The molecule has 2 aromatic rings. The summed E-state index contributed by atoms with van der Waals surface area (Å²) in [5, 5.41) is 13.1. The van der Waals surface area contributed by atoms with Gasteiger partial charge in [0.15, 0.2) is 0 Å². The van der Waals surface area contributed by atoms with Crippen LogP contribution in [-0.2, 0) is 11.3 Å². The van der Waals surface area contributed by atoms with Crippen molar-refractivity contribution in [1.82, 2.24) is 20.0 Å². The van der Waals surface area contributed by atoms with E-state index in [0.29, 0.717) is 24.5 Å². The van der Waals surface area contributed by atoms with Gasteiger partial charge in [0.1, 0.15) is 5.69 Å². The Balaban J connectivity index is 1.95. The number of aromatic amines is 1. The summed E-state index contributed by atoms with van der Waals surface area (Å²) in [6.45, 7) is 1.23. The molecule has 0 aromatic carbocycles. The van der Waals surface area contributed by atoms with Gasteiger partial charge in [-0.2, -0.15) is 10.2 Å². The molecule has 0 bridgehead atoms. The summed E-state index contributed by atoms with van der Waals surface area (Å²) in [4.78, 5) is 11.7. The van der Waals surface area contributed by atoms with Gasteiger partial charge < -0.3 is 10.1 Å². The Bertz CT molecular complexity index is 477. The second kappa shape index (κ2) is 5.26. The summed E-state index contributed by atoms with van der Waals surface area (Å²) in [7, 11) is 1.63. The smallest absolute Gasteiger partial charge is 0.273 e. The van der Waals surface area contributed by atoms with E-state index in [1.807, 2.05) is 0 Å². The molecule has 0 aliphatic heterocycles. The van der Waals surface area contributed by atoms with Gasteiger partial charge in [-0.15, -0.1) is 0 Å². The summed E-state index contributed by atoms with van der Waals surface area (Å²) in [6, 6.07) is 1.60. The average Bonchev–Trinajstić information content (AvgIpc) is 2.97. The minimum Gasteiger partial charge on any atom is -0.383 e. The molecule has 0 aliphatic carbocycles. The molecule has 0 saturated heterocycles. The minimum atomic E-state index is -0.242. The maximum atomic E-state index is 11.7. The van der Waals surface area contributed by atoms with Crippen molar-refractivity contribution in [3.8, 4) is 0 Å². The molecule has 0 fully saturated rings. The van der Waals surface area contributed by atoms with Crippen LogP contribution in [0.15, 0.2) is 24.7 Å². The van der Waals surface area contributed by atoms with Gasteiger partial charge in [-0.1, -0.05) is 0 Å². The first-order chi connectivity index (χ1) is 8.29. The van der Waals surface area contributed by atoms with Crippen molar-refractivity contribution in [2.24, 2.45) is 0 Å². The van der Waals surface area contributed by atoms with Crippen LogP contribution in [0.1, 0.15) is 10.5 Å². The van der Waals surface area contributed by atoms with Crippen LogP contribution >= 0.6 is 0 Å². The quantitative estimate of drug-likeness (QED) is 0.790. The first kappa shape index (κ1) is 11.3. The Morgan fingerprint density at radius 2 is 2.53 bits per heavy atom. The summed E-state index contributed by atoms with van der Waals surface area (Å²) in [6.07, 6.45) is 4.86. The fourth-order valence-corrected chi connectivity index (χ4v) is 1.32. The largest absolute Gasteiger partial charge is 0.383 e. The standard InChI is InChI=1S/C10H13N5O2/c1-17-5-4-15-7-8(6-12-15)13-10(16)9-2-3-11-14-9/h2-3,6-7H,4-5H2,1H3,(H,11,14)(H,13,16). The van der Waals surface area contributed by atoms with E-state index in [9.17, 15) is 4.79 Å². The summed E-state index contributed by atoms with van der Waals surface area (Å²) < 4.78 is 6.63. The number of hydrogen-bond acceptors (Lipinski definition) is 4. The lowest BCUT2D eigenvalue weighted by Gasteiger charge is -2.00. The van der Waals surface area contributed by atoms with Crippen LogP contribution in [0.2, 0.25) is 0 Å². The molecule has 0 spiro atoms. The van der Waals surface area contributed by atoms with Crippen LogP contribution in [-0.4, -0.2) is 39.6 Å². The highest BCUT2D eigenvalue weighted by molar-refractivity contribution is 6.02. The highest BCUT2D eigenvalue weighted by atomic mass is 16.5. The first-order valence-electron chi connectivity index (χ1n) is 5.11. The molecule has 2 rings (SSSR count). The number of nitrogens with zero attached hydrogens (tertiary/aromatic N) is 3. The van der Waals surface area contributed by atoms with Crippen molar-refractivity contribution in [3.63, 3.8) is 0 Å². The molecule has 7 heteroatoms. The van der Waals surface area contributed by atoms with Gasteiger partial charge in [-0.25, -0.2) is 0 Å². The van der Waals surface area contributed by atoms with Crippen molar-refractivity contribution >= 4 is 11.6 Å². The monoisotopic (exact) mass is 235 g/mol. The maximum absolute atomic E-state index is 11.7. The zero-order chi connectivity index (χ0) is 12.1. The van der Waals surface area contributed by atoms with Gasteiger partial charge in [0.05, 0.1) is 25.0 Å². The van der Waals surface area contributed by atoms with E-state index in [1.165, 1.54) is 6.20 Å². The number of methoxy groups -OCH3 is 1. The molecule has 0 saturated carbocycles. The van der Waals surface area contributed by atoms with E-state index in [2.05, 4.69) is 20.6 Å². The van der Waals surface area contributed by atoms with Gasteiger partial charge in [-0.3, -0.25) is 14.6 Å². The highest BCUT2D eigenvalue weighted by Gasteiger charge is 2.08. The molecule has 2 N–H and O–H groups in total. The lowest BCUT2D eigenvalue weighted by molar-refractivity contribution is 0.102. The molecule has 0 aliphatic rings. The Morgan fingerprint density at radius 1 is 1.65 bits per heavy atom. The summed E-state index contributed by atoms with van der Waals surface area (Å²) in [5.41, 5.74) is 1.05. The molecule has 2 aromatic heterocycles. The molecule has 90 valence electrons. The van der Waals surface area contributed by atoms with E-state index in [-0.39, 0.29) is 5.91 Å². The van der Waals surface area contributed by atoms with Gasteiger partial charge in [0, 0.05) is 19.5 Å². The van der Waals surface area contributed by atoms with Crippen molar-refractivity contribution in [3.05, 3.63) is 30.4 Å². The summed E-state index contributed by atoms with van der Waals surface area (Å²) in [5.74, 6) is -0.242. The Kier molecular flexibility index (Phi) is 3.51. The van der Waals surface area contributed by atoms with Crippen LogP contribution in [0.25, 0.3) is 0 Å². The number of H-pyrrole nitrogens is 1. The number of nitrogens with one attached hydrogen (secondary N) is 2. The van der Waals surface area contributed by atoms with Gasteiger partial charge >= 0.3 is 0 Å². The number of carbonyl (C=O) groups is 1. The highest BCUT2D eigenvalue weighted by Crippen LogP contribution is 2.06. The maximum Gasteiger partial charge on any atom is 0.273 e. The van der Waals surface area contributed by atoms with Crippen LogP contribution in [0, 0.1) is 0 Å². The predicted molar refractivity (Wildman–Crippen MR) is 60.6 cm³/mol. The van der Waals surface area contributed by atoms with E-state index >= 15 is 0 Å². The van der Waals surface area contributed by atoms with Crippen LogP contribution in [0.3, 0.4) is 0 Å². The molecular weight excluding hydrogens is 222 g/mol. The number of rotatable bonds is 5. The van der Waals surface area contributed by atoms with Crippen LogP contribution < -0.4 is 5.32 Å². The van der Waals surface area contributed by atoms with E-state index in [4.69, 9.17) is 4.74 Å². The van der Waals surface area contributed by atoms with E-state index in [1.54, 1.807) is 30.3 Å². The predicted octanol–water partition coefficient (Wildman–Crippen LogP) is 0.505. The SMILES string of the molecule is COCCn1cc(NC(=O)c2ccn[nH]2)cn1. The Hall–Kier alpha value is -2.15. The van der Waals surface area contributed by atoms with Gasteiger partial charge in [0.2, 0.25) is 0 Å². The molecule has 0 atom stereocenters. The van der Waals surface area contributed by atoms with Gasteiger partial charge in [0.25, 0.3) is 5.91 Å². The second-order valence-corrected chi connectivity index (χ2v) is 3.41. The van der Waals surface area contributed by atoms with Crippen molar-refractivity contribution in [1.29, 1.82) is 0 Å². The molecule has 0 unspecified atom stereocenters. The summed E-state index contributed by atoms with van der Waals surface area (Å²) >= 11 is 0. The van der Waals surface area contributed by atoms with Crippen molar-refractivity contribution in [2.75, 3.05) is 19.0 Å². The first-order valence-corrected chi connectivity index (χ1v) is 5.11. The number of ether oxygens (including phenoxy) is 1. The van der Waals surface area contributed by atoms with E-state index < -0.39 is 0 Å². The van der Waals surface area contributed by atoms with Crippen molar-refractivity contribution < 1.29 is 9.53 Å². The number of anilines is 1. The molecule has 7 nitrogen and oxygen atoms in total. The zero-order valence-corrected chi connectivity index (χ0v) is 9.38. The van der Waals surface area contributed by atoms with Gasteiger partial charge in [-0.05, 0) is 6.07 Å². The molecule has 17 heavy (non-hydrogen) atoms. The Labute approximate surface area is 97.8 Å². The number of aromatic nitrogens is 4. The average molecular weight is 235 g/mol. The fraction of sp³-hybridized carbons (Fsp3) is 0.300. The topological polar surface area (TPSA) is 84.8 Å². The van der Waals surface area contributed by atoms with Crippen LogP contribution in [0.5, 0.6) is 0 Å². The normalized spacial score (nSPS) is 10.4. The molecule has 0 radical (unpaired) electrons. The number of amides is 1. The lowest BCUT2D eigenvalue weighted by atomic mass is 10.4. The minimum absolute atomic E-state index is 0.242. The lowest BCUT2D eigenvalue weighted by Crippen LogP contribution is -2.12. The molecular formula is C10H13N5O2. The third kappa shape index (κ3) is 2.91. The number of carbonyl (C=O) groups excluding carboxylic acids is 1. The Morgan fingerprint density at radius 3 is 3.24 bits per heavy atom. The number of hydrogen-bond donors (Lipinski definition) is 2. The fourth-order valence-electron chi connectivity index (χ4n) is 1.32. The third-order valence-corrected chi connectivity index (χ3v) is 2.16. The van der Waals surface area contributed by atoms with E-state index in [0.717, 1.165) is 0 Å².